The minimum absolute atomic E-state index is 0.0377. The smallest absolute Gasteiger partial charge is 0.203 e. The van der Waals surface area contributed by atoms with Crippen LogP contribution in [0.5, 0.6) is 17.2 Å². The fraction of sp³-hybridized carbons (Fsp3) is 0.375. The van der Waals surface area contributed by atoms with E-state index in [1.165, 1.54) is 0 Å². The topological polar surface area (TPSA) is 55.9 Å². The van der Waals surface area contributed by atoms with Crippen molar-refractivity contribution in [3.8, 4) is 17.2 Å². The molecule has 2 heterocycles. The van der Waals surface area contributed by atoms with E-state index in [-0.39, 0.29) is 6.04 Å². The summed E-state index contributed by atoms with van der Waals surface area (Å²) < 4.78 is 16.8. The first-order valence-corrected chi connectivity index (χ1v) is 10.3. The maximum absolute atomic E-state index is 5.64. The van der Waals surface area contributed by atoms with Crippen LogP contribution in [0.4, 0.5) is 0 Å². The molecule has 0 radical (unpaired) electrons. The number of aromatic nitrogens is 1. The first kappa shape index (κ1) is 20.4. The van der Waals surface area contributed by atoms with Crippen LogP contribution >= 0.6 is 0 Å². The second-order valence-electron chi connectivity index (χ2n) is 7.46. The van der Waals surface area contributed by atoms with E-state index in [9.17, 15) is 0 Å². The maximum atomic E-state index is 5.64. The van der Waals surface area contributed by atoms with Crippen molar-refractivity contribution in [2.24, 2.45) is 0 Å². The zero-order valence-corrected chi connectivity index (χ0v) is 17.9. The number of nitrogens with zero attached hydrogens (tertiary/aromatic N) is 2. The molecule has 158 valence electrons. The van der Waals surface area contributed by atoms with E-state index in [4.69, 9.17) is 19.2 Å². The first-order chi connectivity index (χ1) is 14.7. The second-order valence-corrected chi connectivity index (χ2v) is 7.46. The zero-order valence-electron chi connectivity index (χ0n) is 17.9. The van der Waals surface area contributed by atoms with Gasteiger partial charge >= 0.3 is 0 Å². The predicted molar refractivity (Wildman–Crippen MR) is 119 cm³/mol. The lowest BCUT2D eigenvalue weighted by atomic mass is 9.96. The number of hydrogen-bond acceptors (Lipinski definition) is 6. The lowest BCUT2D eigenvalue weighted by Gasteiger charge is -2.32. The van der Waals surface area contributed by atoms with Crippen LogP contribution in [-0.4, -0.2) is 57.4 Å². The van der Waals surface area contributed by atoms with Crippen LogP contribution in [0.25, 0.3) is 10.9 Å². The van der Waals surface area contributed by atoms with Crippen molar-refractivity contribution in [1.29, 1.82) is 0 Å². The lowest BCUT2D eigenvalue weighted by Crippen LogP contribution is -2.33. The third-order valence-corrected chi connectivity index (χ3v) is 5.67. The minimum Gasteiger partial charge on any atom is -0.493 e. The molecule has 3 aromatic rings. The van der Waals surface area contributed by atoms with Gasteiger partial charge in [0.05, 0.1) is 32.9 Å². The van der Waals surface area contributed by atoms with E-state index in [2.05, 4.69) is 40.5 Å². The Labute approximate surface area is 177 Å². The molecular weight excluding hydrogens is 378 g/mol. The molecule has 0 spiro atoms. The van der Waals surface area contributed by atoms with Gasteiger partial charge in [0.2, 0.25) is 5.75 Å². The molecule has 1 aromatic heterocycles. The summed E-state index contributed by atoms with van der Waals surface area (Å²) in [5.74, 6) is 1.94. The van der Waals surface area contributed by atoms with Crippen LogP contribution in [0, 0.1) is 0 Å². The Morgan fingerprint density at radius 2 is 1.67 bits per heavy atom. The normalized spacial score (nSPS) is 16.1. The predicted octanol–water partition coefficient (Wildman–Crippen LogP) is 3.65. The molecule has 4 rings (SSSR count). The molecule has 1 aliphatic rings. The Morgan fingerprint density at radius 1 is 0.900 bits per heavy atom. The van der Waals surface area contributed by atoms with Crippen molar-refractivity contribution < 1.29 is 14.2 Å². The number of nitrogens with one attached hydrogen (secondary N) is 1. The Kier molecular flexibility index (Phi) is 6.35. The first-order valence-electron chi connectivity index (χ1n) is 10.3. The Hall–Kier alpha value is -2.83. The van der Waals surface area contributed by atoms with Crippen molar-refractivity contribution in [2.75, 3.05) is 47.5 Å². The average molecular weight is 408 g/mol. The zero-order chi connectivity index (χ0) is 20.9. The number of pyridine rings is 1. The molecule has 1 saturated heterocycles. The van der Waals surface area contributed by atoms with Crippen molar-refractivity contribution >= 4 is 10.9 Å². The summed E-state index contributed by atoms with van der Waals surface area (Å²) in [4.78, 5) is 7.24. The minimum atomic E-state index is 0.0377. The largest absolute Gasteiger partial charge is 0.493 e. The summed E-state index contributed by atoms with van der Waals surface area (Å²) in [6, 6.07) is 14.6. The van der Waals surface area contributed by atoms with Crippen LogP contribution in [0.2, 0.25) is 0 Å². The fourth-order valence-electron chi connectivity index (χ4n) is 4.24. The Morgan fingerprint density at radius 3 is 2.40 bits per heavy atom. The highest BCUT2D eigenvalue weighted by molar-refractivity contribution is 5.79. The summed E-state index contributed by atoms with van der Waals surface area (Å²) in [7, 11) is 4.94. The molecule has 0 bridgehead atoms. The van der Waals surface area contributed by atoms with E-state index >= 15 is 0 Å². The fourth-order valence-corrected chi connectivity index (χ4v) is 4.24. The van der Waals surface area contributed by atoms with E-state index in [0.29, 0.717) is 17.2 Å². The highest BCUT2D eigenvalue weighted by Gasteiger charge is 2.26. The van der Waals surface area contributed by atoms with Gasteiger partial charge in [-0.1, -0.05) is 18.2 Å². The highest BCUT2D eigenvalue weighted by atomic mass is 16.5. The van der Waals surface area contributed by atoms with E-state index < -0.39 is 0 Å². The highest BCUT2D eigenvalue weighted by Crippen LogP contribution is 2.42. The van der Waals surface area contributed by atoms with Gasteiger partial charge < -0.3 is 19.5 Å². The third kappa shape index (κ3) is 4.06. The molecule has 1 unspecified atom stereocenters. The number of fused-ring (bicyclic) bond motifs is 1. The van der Waals surface area contributed by atoms with Gasteiger partial charge in [-0.05, 0) is 48.4 Å². The molecule has 0 amide bonds. The monoisotopic (exact) mass is 407 g/mol. The number of benzene rings is 2. The molecular formula is C24H29N3O3. The third-order valence-electron chi connectivity index (χ3n) is 5.67. The number of methoxy groups -OCH3 is 3. The van der Waals surface area contributed by atoms with Gasteiger partial charge in [-0.25, -0.2) is 0 Å². The van der Waals surface area contributed by atoms with Gasteiger partial charge in [0.15, 0.2) is 11.5 Å². The molecule has 1 atom stereocenters. The SMILES string of the molecule is COc1cc(C(c2cnc3ccccc3c2)N2CCCNCC2)cc(OC)c1OC. The molecule has 30 heavy (non-hydrogen) atoms. The van der Waals surface area contributed by atoms with Crippen LogP contribution in [0.15, 0.2) is 48.7 Å². The van der Waals surface area contributed by atoms with Crippen molar-refractivity contribution in [3.63, 3.8) is 0 Å². The van der Waals surface area contributed by atoms with Crippen molar-refractivity contribution in [1.82, 2.24) is 15.2 Å². The van der Waals surface area contributed by atoms with Gasteiger partial charge in [-0.2, -0.15) is 0 Å². The summed E-state index contributed by atoms with van der Waals surface area (Å²) in [6.07, 6.45) is 3.09. The van der Waals surface area contributed by atoms with Crippen molar-refractivity contribution in [3.05, 3.63) is 59.8 Å². The summed E-state index contributed by atoms with van der Waals surface area (Å²) in [6.45, 7) is 3.95. The van der Waals surface area contributed by atoms with Crippen molar-refractivity contribution in [2.45, 2.75) is 12.5 Å². The van der Waals surface area contributed by atoms with Gasteiger partial charge in [-0.3, -0.25) is 9.88 Å². The molecule has 0 saturated carbocycles. The van der Waals surface area contributed by atoms with Gasteiger partial charge in [0, 0.05) is 31.2 Å². The lowest BCUT2D eigenvalue weighted by molar-refractivity contribution is 0.239. The van der Waals surface area contributed by atoms with Gasteiger partial charge in [-0.15, -0.1) is 0 Å². The molecule has 1 aliphatic heterocycles. The summed E-state index contributed by atoms with van der Waals surface area (Å²) in [5, 5.41) is 4.64. The number of para-hydroxylation sites is 1. The molecule has 2 aromatic carbocycles. The maximum Gasteiger partial charge on any atom is 0.203 e. The molecule has 6 heteroatoms. The van der Waals surface area contributed by atoms with E-state index in [1.54, 1.807) is 21.3 Å². The van der Waals surface area contributed by atoms with Crippen LogP contribution in [0.1, 0.15) is 23.6 Å². The van der Waals surface area contributed by atoms with Crippen LogP contribution < -0.4 is 19.5 Å². The summed E-state index contributed by atoms with van der Waals surface area (Å²) >= 11 is 0. The molecule has 6 nitrogen and oxygen atoms in total. The number of rotatable bonds is 6. The van der Waals surface area contributed by atoms with Gasteiger partial charge in [0.1, 0.15) is 0 Å². The van der Waals surface area contributed by atoms with E-state index in [1.807, 2.05) is 18.3 Å². The van der Waals surface area contributed by atoms with E-state index in [0.717, 1.165) is 54.6 Å². The molecule has 1 fully saturated rings. The summed E-state index contributed by atoms with van der Waals surface area (Å²) in [5.41, 5.74) is 3.26. The van der Waals surface area contributed by atoms with Crippen LogP contribution in [0.3, 0.4) is 0 Å². The second kappa shape index (κ2) is 9.32. The Balaban J connectivity index is 1.86. The number of ether oxygens (including phenoxy) is 3. The molecule has 0 aliphatic carbocycles. The van der Waals surface area contributed by atoms with Gasteiger partial charge in [0.25, 0.3) is 0 Å². The standard InChI is InChI=1S/C24H29N3O3/c1-28-21-14-18(15-22(29-2)24(21)30-3)23(27-11-6-9-25-10-12-27)19-13-17-7-4-5-8-20(17)26-16-19/h4-5,7-8,13-16,23,25H,6,9-12H2,1-3H3. The quantitative estimate of drug-likeness (QED) is 0.673. The average Bonchev–Trinajstić information content (AvgIpc) is 3.07. The Bertz CT molecular complexity index is 975. The molecule has 1 N–H and O–H groups in total. The van der Waals surface area contributed by atoms with Crippen LogP contribution in [-0.2, 0) is 0 Å². The number of hydrogen-bond donors (Lipinski definition) is 1.